The lowest BCUT2D eigenvalue weighted by molar-refractivity contribution is 0.0627. The van der Waals surface area contributed by atoms with E-state index in [0.29, 0.717) is 11.8 Å². The minimum Gasteiger partial charge on any atom is -0.399 e. The maximum atomic E-state index is 13.3. The van der Waals surface area contributed by atoms with Gasteiger partial charge in [-0.25, -0.2) is 4.39 Å². The number of oxime groups is 1. The topological polar surface area (TPSA) is 33.6 Å². The first-order valence-electron chi connectivity index (χ1n) is 13.0. The Labute approximate surface area is 205 Å². The minimum atomic E-state index is -0.232. The summed E-state index contributed by atoms with van der Waals surface area (Å²) in [6, 6.07) is 13.8. The van der Waals surface area contributed by atoms with Gasteiger partial charge in [0.15, 0.2) is 0 Å². The van der Waals surface area contributed by atoms with Crippen LogP contribution in [0.1, 0.15) is 94.4 Å². The molecule has 0 amide bonds. The van der Waals surface area contributed by atoms with Crippen LogP contribution in [0.2, 0.25) is 0 Å². The van der Waals surface area contributed by atoms with Gasteiger partial charge in [-0.15, -0.1) is 0 Å². The van der Waals surface area contributed by atoms with Crippen molar-refractivity contribution in [3.8, 4) is 0 Å². The summed E-state index contributed by atoms with van der Waals surface area (Å²) in [7, 11) is 1.57. The molecule has 2 aliphatic carbocycles. The van der Waals surface area contributed by atoms with Crippen LogP contribution in [0.5, 0.6) is 0 Å². The predicted molar refractivity (Wildman–Crippen MR) is 139 cm³/mol. The lowest BCUT2D eigenvalue weighted by Crippen LogP contribution is -2.59. The summed E-state index contributed by atoms with van der Waals surface area (Å²) < 4.78 is 13.3. The maximum absolute atomic E-state index is 13.3. The molecule has 0 aromatic heterocycles. The van der Waals surface area contributed by atoms with Crippen LogP contribution in [0.15, 0.2) is 47.6 Å². The molecule has 1 fully saturated rings. The Hall–Kier alpha value is -2.20. The fourth-order valence-electron chi connectivity index (χ4n) is 6.71. The highest BCUT2D eigenvalue weighted by molar-refractivity contribution is 6.00. The minimum absolute atomic E-state index is 0.135. The molecule has 3 atom stereocenters. The second-order valence-electron chi connectivity index (χ2n) is 11.1. The molecule has 1 N–H and O–H groups in total. The predicted octanol–water partition coefficient (Wildman–Crippen LogP) is 7.13. The lowest BCUT2D eigenvalue weighted by Gasteiger charge is -2.56. The van der Waals surface area contributed by atoms with Crippen molar-refractivity contribution < 1.29 is 9.23 Å². The second-order valence-corrected chi connectivity index (χ2v) is 11.1. The summed E-state index contributed by atoms with van der Waals surface area (Å²) in [5, 5.41) is 8.20. The van der Waals surface area contributed by atoms with Crippen LogP contribution in [-0.2, 0) is 16.7 Å². The summed E-state index contributed by atoms with van der Waals surface area (Å²) in [4.78, 5) is 5.07. The van der Waals surface area contributed by atoms with Crippen molar-refractivity contribution in [2.24, 2.45) is 11.1 Å². The SMILES string of the molecule is CO/N=C(/CCCN[C@]1(C)CCC[C@]2(C)c3ccc(C(C)C)cc3CCC12)c1ccc(F)cc1. The van der Waals surface area contributed by atoms with Crippen molar-refractivity contribution >= 4 is 5.71 Å². The molecule has 0 heterocycles. The average molecular weight is 465 g/mol. The summed E-state index contributed by atoms with van der Waals surface area (Å²) in [6.07, 6.45) is 7.96. The number of halogens is 1. The number of hydrogen-bond donors (Lipinski definition) is 1. The fraction of sp³-hybridized carbons (Fsp3) is 0.567. The van der Waals surface area contributed by atoms with Crippen molar-refractivity contribution in [1.29, 1.82) is 0 Å². The summed E-state index contributed by atoms with van der Waals surface area (Å²) >= 11 is 0. The molecule has 4 heteroatoms. The van der Waals surface area contributed by atoms with Crippen LogP contribution in [0.4, 0.5) is 4.39 Å². The molecular formula is C30H41FN2O. The first-order valence-corrected chi connectivity index (χ1v) is 13.0. The van der Waals surface area contributed by atoms with Gasteiger partial charge in [0.2, 0.25) is 0 Å². The van der Waals surface area contributed by atoms with E-state index < -0.39 is 0 Å². The average Bonchev–Trinajstić information content (AvgIpc) is 2.81. The Balaban J connectivity index is 1.43. The van der Waals surface area contributed by atoms with Crippen LogP contribution in [-0.4, -0.2) is 24.9 Å². The van der Waals surface area contributed by atoms with Gasteiger partial charge in [-0.3, -0.25) is 0 Å². The number of nitrogens with zero attached hydrogens (tertiary/aromatic N) is 1. The maximum Gasteiger partial charge on any atom is 0.123 e. The molecule has 0 saturated heterocycles. The van der Waals surface area contributed by atoms with Crippen molar-refractivity contribution in [3.63, 3.8) is 0 Å². The van der Waals surface area contributed by atoms with E-state index in [1.807, 2.05) is 0 Å². The zero-order valence-corrected chi connectivity index (χ0v) is 21.6. The van der Waals surface area contributed by atoms with E-state index in [1.165, 1.54) is 49.8 Å². The van der Waals surface area contributed by atoms with Gasteiger partial charge in [0, 0.05) is 5.54 Å². The van der Waals surface area contributed by atoms with Crippen molar-refractivity contribution in [2.45, 2.75) is 89.5 Å². The summed E-state index contributed by atoms with van der Waals surface area (Å²) in [5.74, 6) is 0.982. The molecule has 34 heavy (non-hydrogen) atoms. The smallest absolute Gasteiger partial charge is 0.123 e. The molecule has 4 rings (SSSR count). The third-order valence-electron chi connectivity index (χ3n) is 8.54. The van der Waals surface area contributed by atoms with Gasteiger partial charge in [0.25, 0.3) is 0 Å². The number of rotatable bonds is 8. The first-order chi connectivity index (χ1) is 16.3. The molecule has 1 saturated carbocycles. The highest BCUT2D eigenvalue weighted by Crippen LogP contribution is 2.53. The molecule has 0 aliphatic heterocycles. The molecule has 0 spiro atoms. The third kappa shape index (κ3) is 4.93. The van der Waals surface area contributed by atoms with Gasteiger partial charge < -0.3 is 10.2 Å². The molecule has 0 radical (unpaired) electrons. The second kappa shape index (κ2) is 10.2. The van der Waals surface area contributed by atoms with Crippen molar-refractivity contribution in [2.75, 3.05) is 13.7 Å². The molecule has 2 aliphatic rings. The van der Waals surface area contributed by atoms with E-state index in [2.05, 4.69) is 56.4 Å². The Kier molecular flexibility index (Phi) is 7.47. The van der Waals surface area contributed by atoms with E-state index in [0.717, 1.165) is 30.7 Å². The van der Waals surface area contributed by atoms with Gasteiger partial charge in [-0.1, -0.05) is 62.7 Å². The van der Waals surface area contributed by atoms with E-state index in [-0.39, 0.29) is 16.8 Å². The van der Waals surface area contributed by atoms with Crippen molar-refractivity contribution in [3.05, 3.63) is 70.5 Å². The monoisotopic (exact) mass is 464 g/mol. The van der Waals surface area contributed by atoms with Crippen LogP contribution < -0.4 is 5.32 Å². The molecule has 3 nitrogen and oxygen atoms in total. The van der Waals surface area contributed by atoms with Gasteiger partial charge in [-0.2, -0.15) is 0 Å². The first kappa shape index (κ1) is 24.9. The van der Waals surface area contributed by atoms with E-state index in [4.69, 9.17) is 4.84 Å². The van der Waals surface area contributed by atoms with E-state index in [1.54, 1.807) is 30.4 Å². The van der Waals surface area contributed by atoms with Crippen LogP contribution in [0.25, 0.3) is 0 Å². The molecule has 2 aromatic carbocycles. The third-order valence-corrected chi connectivity index (χ3v) is 8.54. The van der Waals surface area contributed by atoms with Crippen LogP contribution >= 0.6 is 0 Å². The summed E-state index contributed by atoms with van der Waals surface area (Å²) in [6.45, 7) is 10.5. The molecule has 0 bridgehead atoms. The van der Waals surface area contributed by atoms with Crippen LogP contribution in [0.3, 0.4) is 0 Å². The van der Waals surface area contributed by atoms with Crippen molar-refractivity contribution in [1.82, 2.24) is 5.32 Å². The number of benzene rings is 2. The quantitative estimate of drug-likeness (QED) is 0.256. The van der Waals surface area contributed by atoms with E-state index in [9.17, 15) is 4.39 Å². The molecule has 2 aromatic rings. The highest BCUT2D eigenvalue weighted by atomic mass is 19.1. The van der Waals surface area contributed by atoms with Gasteiger partial charge in [0.05, 0.1) is 5.71 Å². The Morgan fingerprint density at radius 2 is 1.91 bits per heavy atom. The largest absolute Gasteiger partial charge is 0.399 e. The van der Waals surface area contributed by atoms with Gasteiger partial charge >= 0.3 is 0 Å². The number of aryl methyl sites for hydroxylation is 1. The molecule has 184 valence electrons. The number of nitrogens with one attached hydrogen (secondary N) is 1. The Morgan fingerprint density at radius 3 is 2.62 bits per heavy atom. The zero-order chi connectivity index (χ0) is 24.3. The fourth-order valence-corrected chi connectivity index (χ4v) is 6.71. The molecular weight excluding hydrogens is 423 g/mol. The Morgan fingerprint density at radius 1 is 1.15 bits per heavy atom. The standard InChI is InChI=1S/C30H41FN2O/c1-21(2)23-11-15-26-24(20-23)12-16-28-29(26,3)17-7-18-30(28,4)32-19-6-8-27(33-34-5)22-9-13-25(31)14-10-22/h9-11,13-15,20-21,28,32H,6-8,12,16-19H2,1-5H3/b33-27-/t28?,29-,30-/m1/s1. The van der Waals surface area contributed by atoms with Crippen LogP contribution in [0, 0.1) is 11.7 Å². The molecule has 1 unspecified atom stereocenters. The number of hydrogen-bond acceptors (Lipinski definition) is 3. The zero-order valence-electron chi connectivity index (χ0n) is 21.6. The van der Waals surface area contributed by atoms with Gasteiger partial charge in [-0.05, 0) is 104 Å². The Bertz CT molecular complexity index is 1010. The lowest BCUT2D eigenvalue weighted by atomic mass is 9.52. The van der Waals surface area contributed by atoms with Gasteiger partial charge in [0.1, 0.15) is 12.9 Å². The summed E-state index contributed by atoms with van der Waals surface area (Å²) in [5.41, 5.74) is 6.79. The number of fused-ring (bicyclic) bond motifs is 3. The normalized spacial score (nSPS) is 26.8. The highest BCUT2D eigenvalue weighted by Gasteiger charge is 2.51. The van der Waals surface area contributed by atoms with E-state index >= 15 is 0 Å².